The number of carbonyl (C=O) groups excluding carboxylic acids is 2. The molecule has 0 aliphatic rings. The Bertz CT molecular complexity index is 862. The van der Waals surface area contributed by atoms with Crippen LogP contribution in [0, 0.1) is 0 Å². The van der Waals surface area contributed by atoms with E-state index in [1.54, 1.807) is 0 Å². The Hall–Kier alpha value is -3.30. The van der Waals surface area contributed by atoms with Crippen LogP contribution in [0.5, 0.6) is 0 Å². The quantitative estimate of drug-likeness (QED) is 0.782. The van der Waals surface area contributed by atoms with Crippen molar-refractivity contribution in [3.05, 3.63) is 58.5 Å². The van der Waals surface area contributed by atoms with Gasteiger partial charge in [0.1, 0.15) is 12.1 Å². The maximum Gasteiger partial charge on any atom is 0.421 e. The Morgan fingerprint density at radius 1 is 1.08 bits per heavy atom. The molecule has 0 atom stereocenters. The highest BCUT2D eigenvalue weighted by atomic mass is 19.4. The highest BCUT2D eigenvalue weighted by Crippen LogP contribution is 2.26. The monoisotopic (exact) mass is 354 g/mol. The lowest BCUT2D eigenvalue weighted by Crippen LogP contribution is -2.31. The van der Waals surface area contributed by atoms with Crippen molar-refractivity contribution in [2.75, 3.05) is 10.6 Å². The SMILES string of the molecule is NC(=O)Nc1cccc(NC(=O)Cn2cccc(C(F)(F)F)c2=O)c1. The van der Waals surface area contributed by atoms with Gasteiger partial charge in [-0.15, -0.1) is 0 Å². The molecule has 0 radical (unpaired) electrons. The van der Waals surface area contributed by atoms with Crippen LogP contribution in [0.25, 0.3) is 0 Å². The van der Waals surface area contributed by atoms with Gasteiger partial charge < -0.3 is 20.9 Å². The van der Waals surface area contributed by atoms with E-state index >= 15 is 0 Å². The first-order valence-corrected chi connectivity index (χ1v) is 6.90. The lowest BCUT2D eigenvalue weighted by atomic mass is 10.2. The standard InChI is InChI=1S/C15H13F3N4O3/c16-15(17,18)11-5-2-6-22(13(11)24)8-12(23)20-9-3-1-4-10(7-9)21-14(19)25/h1-7H,8H2,(H,20,23)(H3,19,21,25). The molecule has 0 spiro atoms. The molecule has 1 aromatic heterocycles. The Kier molecular flexibility index (Phi) is 5.11. The van der Waals surface area contributed by atoms with E-state index in [1.807, 2.05) is 0 Å². The molecular formula is C15H13F3N4O3. The van der Waals surface area contributed by atoms with Crippen molar-refractivity contribution in [2.45, 2.75) is 12.7 Å². The first-order valence-electron chi connectivity index (χ1n) is 6.90. The molecule has 4 N–H and O–H groups in total. The molecule has 1 heterocycles. The molecule has 7 nitrogen and oxygen atoms in total. The summed E-state index contributed by atoms with van der Waals surface area (Å²) >= 11 is 0. The van der Waals surface area contributed by atoms with Crippen molar-refractivity contribution in [1.29, 1.82) is 0 Å². The van der Waals surface area contributed by atoms with Crippen molar-refractivity contribution in [3.63, 3.8) is 0 Å². The van der Waals surface area contributed by atoms with E-state index in [0.29, 0.717) is 16.3 Å². The van der Waals surface area contributed by atoms with Gasteiger partial charge in [0.25, 0.3) is 5.56 Å². The summed E-state index contributed by atoms with van der Waals surface area (Å²) in [6.07, 6.45) is -3.71. The average Bonchev–Trinajstić information content (AvgIpc) is 2.47. The summed E-state index contributed by atoms with van der Waals surface area (Å²) < 4.78 is 38.8. The Morgan fingerprint density at radius 2 is 1.72 bits per heavy atom. The van der Waals surface area contributed by atoms with Gasteiger partial charge in [-0.2, -0.15) is 13.2 Å². The van der Waals surface area contributed by atoms with E-state index < -0.39 is 35.8 Å². The number of hydrogen-bond acceptors (Lipinski definition) is 3. The van der Waals surface area contributed by atoms with Crippen LogP contribution in [-0.2, 0) is 17.5 Å². The number of urea groups is 1. The molecule has 3 amide bonds. The first-order chi connectivity index (χ1) is 11.7. The number of pyridine rings is 1. The van der Waals surface area contributed by atoms with Crippen molar-refractivity contribution in [3.8, 4) is 0 Å². The van der Waals surface area contributed by atoms with Crippen LogP contribution < -0.4 is 21.9 Å². The van der Waals surface area contributed by atoms with Crippen LogP contribution in [0.2, 0.25) is 0 Å². The molecule has 10 heteroatoms. The highest BCUT2D eigenvalue weighted by molar-refractivity contribution is 5.92. The zero-order valence-corrected chi connectivity index (χ0v) is 12.6. The van der Waals surface area contributed by atoms with Crippen molar-refractivity contribution < 1.29 is 22.8 Å². The van der Waals surface area contributed by atoms with Gasteiger partial charge in [0.2, 0.25) is 5.91 Å². The summed E-state index contributed by atoms with van der Waals surface area (Å²) in [5, 5.41) is 4.73. The zero-order valence-electron chi connectivity index (χ0n) is 12.6. The minimum atomic E-state index is -4.80. The number of primary amides is 1. The topological polar surface area (TPSA) is 106 Å². The normalized spacial score (nSPS) is 11.0. The van der Waals surface area contributed by atoms with E-state index in [4.69, 9.17) is 5.73 Å². The fourth-order valence-electron chi connectivity index (χ4n) is 2.05. The number of carbonyl (C=O) groups is 2. The predicted molar refractivity (Wildman–Crippen MR) is 84.0 cm³/mol. The van der Waals surface area contributed by atoms with Crippen molar-refractivity contribution in [2.24, 2.45) is 5.73 Å². The number of nitrogens with two attached hydrogens (primary N) is 1. The number of nitrogens with one attached hydrogen (secondary N) is 2. The molecule has 1 aromatic carbocycles. The van der Waals surface area contributed by atoms with Gasteiger partial charge in [0.15, 0.2) is 0 Å². The number of alkyl halides is 3. The number of aromatic nitrogens is 1. The second-order valence-electron chi connectivity index (χ2n) is 4.97. The van der Waals surface area contributed by atoms with E-state index in [9.17, 15) is 27.6 Å². The zero-order chi connectivity index (χ0) is 18.6. The Balaban J connectivity index is 2.14. The fourth-order valence-corrected chi connectivity index (χ4v) is 2.05. The number of benzene rings is 1. The predicted octanol–water partition coefficient (Wildman–Crippen LogP) is 2.00. The lowest BCUT2D eigenvalue weighted by Gasteiger charge is -2.11. The molecule has 2 aromatic rings. The molecular weight excluding hydrogens is 341 g/mol. The van der Waals surface area contributed by atoms with Gasteiger partial charge in [-0.3, -0.25) is 9.59 Å². The molecule has 0 aliphatic carbocycles. The summed E-state index contributed by atoms with van der Waals surface area (Å²) in [5.74, 6) is -0.711. The summed E-state index contributed by atoms with van der Waals surface area (Å²) in [6, 6.07) is 6.84. The Labute approximate surface area is 139 Å². The van der Waals surface area contributed by atoms with E-state index in [-0.39, 0.29) is 5.69 Å². The van der Waals surface area contributed by atoms with Crippen LogP contribution in [-0.4, -0.2) is 16.5 Å². The van der Waals surface area contributed by atoms with Gasteiger partial charge in [-0.1, -0.05) is 6.07 Å². The van der Waals surface area contributed by atoms with Crippen molar-refractivity contribution >= 4 is 23.3 Å². The smallest absolute Gasteiger partial charge is 0.351 e. The number of amides is 3. The van der Waals surface area contributed by atoms with Gasteiger partial charge in [-0.25, -0.2) is 4.79 Å². The summed E-state index contributed by atoms with van der Waals surface area (Å²) in [5.41, 5.74) is 2.91. The Morgan fingerprint density at radius 3 is 2.32 bits per heavy atom. The number of halogens is 3. The van der Waals surface area contributed by atoms with E-state index in [1.165, 1.54) is 24.3 Å². The molecule has 0 aliphatic heterocycles. The lowest BCUT2D eigenvalue weighted by molar-refractivity contribution is -0.139. The third-order valence-corrected chi connectivity index (χ3v) is 3.05. The molecule has 0 saturated heterocycles. The fraction of sp³-hybridized carbons (Fsp3) is 0.133. The van der Waals surface area contributed by atoms with Gasteiger partial charge >= 0.3 is 12.2 Å². The summed E-state index contributed by atoms with van der Waals surface area (Å²) in [6.45, 7) is -0.601. The maximum absolute atomic E-state index is 12.7. The number of nitrogens with zero attached hydrogens (tertiary/aromatic N) is 1. The maximum atomic E-state index is 12.7. The first kappa shape index (κ1) is 18.0. The third-order valence-electron chi connectivity index (χ3n) is 3.05. The van der Waals surface area contributed by atoms with E-state index in [0.717, 1.165) is 12.3 Å². The largest absolute Gasteiger partial charge is 0.421 e. The molecule has 132 valence electrons. The summed E-state index contributed by atoms with van der Waals surface area (Å²) in [7, 11) is 0. The van der Waals surface area contributed by atoms with Gasteiger partial charge in [-0.05, 0) is 30.3 Å². The number of anilines is 2. The number of hydrogen-bond donors (Lipinski definition) is 3. The molecule has 0 unspecified atom stereocenters. The molecule has 0 bridgehead atoms. The second kappa shape index (κ2) is 7.07. The van der Waals surface area contributed by atoms with Crippen molar-refractivity contribution in [1.82, 2.24) is 4.57 Å². The van der Waals surface area contributed by atoms with Crippen LogP contribution in [0.15, 0.2) is 47.4 Å². The van der Waals surface area contributed by atoms with Gasteiger partial charge in [0.05, 0.1) is 0 Å². The molecule has 25 heavy (non-hydrogen) atoms. The molecule has 0 fully saturated rings. The minimum absolute atomic E-state index is 0.274. The minimum Gasteiger partial charge on any atom is -0.351 e. The third kappa shape index (κ3) is 4.83. The summed E-state index contributed by atoms with van der Waals surface area (Å²) in [4.78, 5) is 34.5. The highest BCUT2D eigenvalue weighted by Gasteiger charge is 2.34. The van der Waals surface area contributed by atoms with E-state index in [2.05, 4.69) is 10.6 Å². The second-order valence-corrected chi connectivity index (χ2v) is 4.97. The average molecular weight is 354 g/mol. The van der Waals surface area contributed by atoms with Crippen LogP contribution >= 0.6 is 0 Å². The van der Waals surface area contributed by atoms with Crippen LogP contribution in [0.1, 0.15) is 5.56 Å². The molecule has 2 rings (SSSR count). The molecule has 0 saturated carbocycles. The van der Waals surface area contributed by atoms with Gasteiger partial charge in [0, 0.05) is 17.6 Å². The van der Waals surface area contributed by atoms with Crippen LogP contribution in [0.3, 0.4) is 0 Å². The van der Waals surface area contributed by atoms with Crippen LogP contribution in [0.4, 0.5) is 29.3 Å². The number of rotatable bonds is 4.